The molecule has 66 valence electrons. The zero-order chi connectivity index (χ0) is 8.55. The van der Waals surface area contributed by atoms with Crippen molar-refractivity contribution in [1.29, 1.82) is 0 Å². The summed E-state index contributed by atoms with van der Waals surface area (Å²) < 4.78 is 13.3. The molecule has 1 saturated heterocycles. The van der Waals surface area contributed by atoms with E-state index in [9.17, 15) is 0 Å². The van der Waals surface area contributed by atoms with Crippen LogP contribution in [-0.2, 0) is 16.5 Å². The van der Waals surface area contributed by atoms with Crippen molar-refractivity contribution >= 4 is 15.9 Å². The maximum Gasteiger partial charge on any atom is 0.204 e. The summed E-state index contributed by atoms with van der Waals surface area (Å²) in [6.07, 6.45) is 1.58. The van der Waals surface area contributed by atoms with Gasteiger partial charge in [-0.05, 0) is 15.9 Å². The monoisotopic (exact) mass is 232 g/mol. The van der Waals surface area contributed by atoms with Crippen molar-refractivity contribution in [2.45, 2.75) is 6.29 Å². The first kappa shape index (κ1) is 8.22. The molecule has 1 fully saturated rings. The summed E-state index contributed by atoms with van der Waals surface area (Å²) >= 11 is 3.38. The molecule has 12 heavy (non-hydrogen) atoms. The van der Waals surface area contributed by atoms with Gasteiger partial charge in [0.15, 0.2) is 0 Å². The van der Waals surface area contributed by atoms with Gasteiger partial charge in [-0.1, -0.05) is 0 Å². The first-order valence-electron chi connectivity index (χ1n) is 3.69. The summed E-state index contributed by atoms with van der Waals surface area (Å²) in [5.41, 5.74) is 0.815. The Bertz CT molecular complexity index is 281. The molecule has 0 aliphatic carbocycles. The van der Waals surface area contributed by atoms with Gasteiger partial charge >= 0.3 is 0 Å². The van der Waals surface area contributed by atoms with Gasteiger partial charge < -0.3 is 9.47 Å². The molecule has 0 radical (unpaired) electrons. The van der Waals surface area contributed by atoms with E-state index in [-0.39, 0.29) is 6.29 Å². The third kappa shape index (κ3) is 1.39. The Labute approximate surface area is 78.6 Å². The molecule has 0 saturated carbocycles. The van der Waals surface area contributed by atoms with Crippen molar-refractivity contribution in [2.75, 3.05) is 13.2 Å². The van der Waals surface area contributed by atoms with Gasteiger partial charge in [0.25, 0.3) is 0 Å². The molecule has 1 aromatic rings. The highest BCUT2D eigenvalue weighted by molar-refractivity contribution is 9.10. The van der Waals surface area contributed by atoms with Crippen molar-refractivity contribution in [3.8, 4) is 0 Å². The third-order valence-corrected chi connectivity index (χ3v) is 2.27. The fourth-order valence-electron chi connectivity index (χ4n) is 1.15. The van der Waals surface area contributed by atoms with Crippen LogP contribution in [0.4, 0.5) is 0 Å². The van der Waals surface area contributed by atoms with Crippen LogP contribution in [-0.4, -0.2) is 23.0 Å². The highest BCUT2D eigenvalue weighted by Gasteiger charge is 2.23. The molecular formula is C7H9BrN2O2. The molecule has 5 heteroatoms. The van der Waals surface area contributed by atoms with E-state index in [2.05, 4.69) is 21.0 Å². The summed E-state index contributed by atoms with van der Waals surface area (Å²) in [4.78, 5) is 0. The molecule has 0 bridgehead atoms. The molecule has 0 unspecified atom stereocenters. The Hall–Kier alpha value is -0.390. The fraction of sp³-hybridized carbons (Fsp3) is 0.571. The minimum atomic E-state index is -0.291. The quantitative estimate of drug-likeness (QED) is 0.731. The molecule has 0 atom stereocenters. The summed E-state index contributed by atoms with van der Waals surface area (Å²) in [5.74, 6) is 0. The Morgan fingerprint density at radius 3 is 2.75 bits per heavy atom. The zero-order valence-corrected chi connectivity index (χ0v) is 8.24. The number of ether oxygens (including phenoxy) is 2. The molecule has 4 nitrogen and oxygen atoms in total. The van der Waals surface area contributed by atoms with Gasteiger partial charge in [0.05, 0.1) is 17.7 Å². The van der Waals surface area contributed by atoms with Crippen molar-refractivity contribution in [1.82, 2.24) is 9.78 Å². The molecular weight excluding hydrogens is 224 g/mol. The second kappa shape index (κ2) is 3.16. The standard InChI is InChI=1S/C7H9BrN2O2/c1-10-4-5(8)6(9-10)7-11-2-3-12-7/h4,7H,2-3H2,1H3. The largest absolute Gasteiger partial charge is 0.345 e. The van der Waals surface area contributed by atoms with Crippen LogP contribution >= 0.6 is 15.9 Å². The Morgan fingerprint density at radius 1 is 1.58 bits per heavy atom. The predicted molar refractivity (Wildman–Crippen MR) is 45.6 cm³/mol. The van der Waals surface area contributed by atoms with Gasteiger partial charge in [-0.15, -0.1) is 0 Å². The van der Waals surface area contributed by atoms with E-state index in [1.165, 1.54) is 0 Å². The van der Waals surface area contributed by atoms with E-state index in [1.807, 2.05) is 13.2 Å². The van der Waals surface area contributed by atoms with Crippen molar-refractivity contribution in [3.05, 3.63) is 16.4 Å². The Morgan fingerprint density at radius 2 is 2.25 bits per heavy atom. The highest BCUT2D eigenvalue weighted by atomic mass is 79.9. The number of aryl methyl sites for hydroxylation is 1. The van der Waals surface area contributed by atoms with Gasteiger partial charge in [-0.2, -0.15) is 5.10 Å². The lowest BCUT2D eigenvalue weighted by molar-refractivity contribution is -0.0481. The lowest BCUT2D eigenvalue weighted by Crippen LogP contribution is -2.00. The number of aromatic nitrogens is 2. The van der Waals surface area contributed by atoms with Crippen LogP contribution in [0.5, 0.6) is 0 Å². The first-order chi connectivity index (χ1) is 5.77. The second-order valence-corrected chi connectivity index (χ2v) is 3.46. The van der Waals surface area contributed by atoms with Gasteiger partial charge in [-0.25, -0.2) is 0 Å². The lowest BCUT2D eigenvalue weighted by Gasteiger charge is -2.04. The maximum atomic E-state index is 5.31. The summed E-state index contributed by atoms with van der Waals surface area (Å²) in [5, 5.41) is 4.21. The van der Waals surface area contributed by atoms with Crippen LogP contribution < -0.4 is 0 Å². The highest BCUT2D eigenvalue weighted by Crippen LogP contribution is 2.27. The topological polar surface area (TPSA) is 36.3 Å². The Kier molecular flexibility index (Phi) is 2.16. The smallest absolute Gasteiger partial charge is 0.204 e. The summed E-state index contributed by atoms with van der Waals surface area (Å²) in [6.45, 7) is 1.29. The van der Waals surface area contributed by atoms with Crippen molar-refractivity contribution in [3.63, 3.8) is 0 Å². The number of hydrogen-bond donors (Lipinski definition) is 0. The average molecular weight is 233 g/mol. The summed E-state index contributed by atoms with van der Waals surface area (Å²) in [7, 11) is 1.86. The molecule has 0 N–H and O–H groups in total. The molecule has 1 aromatic heterocycles. The minimum Gasteiger partial charge on any atom is -0.345 e. The van der Waals surface area contributed by atoms with Gasteiger partial charge in [0.2, 0.25) is 6.29 Å². The molecule has 0 aromatic carbocycles. The van der Waals surface area contributed by atoms with Crippen LogP contribution in [0.3, 0.4) is 0 Å². The van der Waals surface area contributed by atoms with Gasteiger partial charge in [0, 0.05) is 13.2 Å². The van der Waals surface area contributed by atoms with Crippen LogP contribution in [0.25, 0.3) is 0 Å². The molecule has 1 aliphatic rings. The van der Waals surface area contributed by atoms with E-state index in [4.69, 9.17) is 9.47 Å². The van der Waals surface area contributed by atoms with E-state index in [0.717, 1.165) is 10.2 Å². The van der Waals surface area contributed by atoms with Crippen LogP contribution in [0, 0.1) is 0 Å². The molecule has 1 aliphatic heterocycles. The number of hydrogen-bond acceptors (Lipinski definition) is 3. The molecule has 0 spiro atoms. The molecule has 2 heterocycles. The van der Waals surface area contributed by atoms with E-state index >= 15 is 0 Å². The molecule has 0 amide bonds. The maximum absolute atomic E-state index is 5.31. The van der Waals surface area contributed by atoms with E-state index in [1.54, 1.807) is 4.68 Å². The molecule has 2 rings (SSSR count). The van der Waals surface area contributed by atoms with Crippen LogP contribution in [0.15, 0.2) is 10.7 Å². The lowest BCUT2D eigenvalue weighted by atomic mass is 10.4. The van der Waals surface area contributed by atoms with Crippen molar-refractivity contribution < 1.29 is 9.47 Å². The number of rotatable bonds is 1. The summed E-state index contributed by atoms with van der Waals surface area (Å²) in [6, 6.07) is 0. The second-order valence-electron chi connectivity index (χ2n) is 2.61. The Balaban J connectivity index is 2.25. The third-order valence-electron chi connectivity index (χ3n) is 1.66. The predicted octanol–water partition coefficient (Wildman–Crippen LogP) is 1.23. The van der Waals surface area contributed by atoms with Gasteiger partial charge in [-0.3, -0.25) is 4.68 Å². The van der Waals surface area contributed by atoms with E-state index < -0.39 is 0 Å². The van der Waals surface area contributed by atoms with Crippen LogP contribution in [0.2, 0.25) is 0 Å². The number of nitrogens with zero attached hydrogens (tertiary/aromatic N) is 2. The first-order valence-corrected chi connectivity index (χ1v) is 4.49. The average Bonchev–Trinajstić information content (AvgIpc) is 2.58. The number of halogens is 1. The zero-order valence-electron chi connectivity index (χ0n) is 6.66. The SMILES string of the molecule is Cn1cc(Br)c(C2OCCO2)n1. The van der Waals surface area contributed by atoms with Crippen molar-refractivity contribution in [2.24, 2.45) is 7.05 Å². The normalized spacial score (nSPS) is 18.8. The van der Waals surface area contributed by atoms with Gasteiger partial charge in [0.1, 0.15) is 5.69 Å². The van der Waals surface area contributed by atoms with E-state index in [0.29, 0.717) is 13.2 Å². The minimum absolute atomic E-state index is 0.291. The van der Waals surface area contributed by atoms with Crippen LogP contribution in [0.1, 0.15) is 12.0 Å². The fourth-order valence-corrected chi connectivity index (χ4v) is 1.72.